The average Bonchev–Trinajstić information content (AvgIpc) is 2.31. The van der Waals surface area contributed by atoms with Crippen LogP contribution in [-0.4, -0.2) is 5.84 Å². The molecule has 4 heteroatoms. The number of hydrogen-bond donors (Lipinski definition) is 1. The molecule has 11 heavy (non-hydrogen) atoms. The Labute approximate surface area is 78.3 Å². The Bertz CT molecular complexity index is 263. The van der Waals surface area contributed by atoms with E-state index in [-0.39, 0.29) is 0 Å². The van der Waals surface area contributed by atoms with Crippen LogP contribution in [0.3, 0.4) is 0 Å². The van der Waals surface area contributed by atoms with Crippen molar-refractivity contribution in [1.29, 1.82) is 0 Å². The van der Waals surface area contributed by atoms with Crippen LogP contribution >= 0.6 is 27.3 Å². The molecule has 0 radical (unpaired) electrons. The molecule has 0 aliphatic carbocycles. The Morgan fingerprint density at radius 2 is 2.45 bits per heavy atom. The van der Waals surface area contributed by atoms with Crippen molar-refractivity contribution >= 4 is 33.1 Å². The van der Waals surface area contributed by atoms with Gasteiger partial charge in [0.2, 0.25) is 0 Å². The molecule has 0 saturated carbocycles. The van der Waals surface area contributed by atoms with Crippen LogP contribution in [-0.2, 0) is 6.54 Å². The molecule has 0 amide bonds. The Morgan fingerprint density at radius 1 is 1.73 bits per heavy atom. The topological polar surface area (TPSA) is 38.4 Å². The molecule has 0 atom stereocenters. The van der Waals surface area contributed by atoms with Crippen LogP contribution in [0.25, 0.3) is 0 Å². The molecule has 1 aromatic rings. The highest BCUT2D eigenvalue weighted by molar-refractivity contribution is 9.11. The van der Waals surface area contributed by atoms with Crippen molar-refractivity contribution in [2.24, 2.45) is 10.7 Å². The number of aliphatic imine (C=N–C) groups is 1. The summed E-state index contributed by atoms with van der Waals surface area (Å²) < 4.78 is 1.14. The predicted octanol–water partition coefficient (Wildman–Crippen LogP) is 2.39. The molecule has 1 aromatic heterocycles. The zero-order valence-corrected chi connectivity index (χ0v) is 8.58. The summed E-state index contributed by atoms with van der Waals surface area (Å²) >= 11 is 5.06. The van der Waals surface area contributed by atoms with E-state index in [1.807, 2.05) is 12.1 Å². The van der Waals surface area contributed by atoms with Crippen molar-refractivity contribution in [1.82, 2.24) is 0 Å². The lowest BCUT2D eigenvalue weighted by Crippen LogP contribution is -2.04. The van der Waals surface area contributed by atoms with Gasteiger partial charge in [0, 0.05) is 4.88 Å². The number of nitrogens with two attached hydrogens (primary N) is 1. The van der Waals surface area contributed by atoms with Gasteiger partial charge in [-0.1, -0.05) is 0 Å². The highest BCUT2D eigenvalue weighted by Crippen LogP contribution is 2.22. The van der Waals surface area contributed by atoms with E-state index in [1.54, 1.807) is 18.3 Å². The molecule has 0 spiro atoms. The molecule has 2 N–H and O–H groups in total. The van der Waals surface area contributed by atoms with Gasteiger partial charge >= 0.3 is 0 Å². The summed E-state index contributed by atoms with van der Waals surface area (Å²) in [5.41, 5.74) is 5.39. The SMILES string of the molecule is CC(N)=NCc1ccc(Br)s1. The van der Waals surface area contributed by atoms with Crippen LogP contribution in [0.5, 0.6) is 0 Å². The van der Waals surface area contributed by atoms with E-state index >= 15 is 0 Å². The van der Waals surface area contributed by atoms with Gasteiger partial charge in [-0.05, 0) is 35.0 Å². The second-order valence-electron chi connectivity index (χ2n) is 2.16. The fraction of sp³-hybridized carbons (Fsp3) is 0.286. The number of amidine groups is 1. The van der Waals surface area contributed by atoms with Gasteiger partial charge < -0.3 is 5.73 Å². The maximum absolute atomic E-state index is 5.39. The summed E-state index contributed by atoms with van der Waals surface area (Å²) in [6.45, 7) is 2.49. The molecular formula is C7H9BrN2S. The fourth-order valence-electron chi connectivity index (χ4n) is 0.639. The Kier molecular flexibility index (Phi) is 3.08. The normalized spacial score (nSPS) is 12.0. The molecule has 0 bridgehead atoms. The van der Waals surface area contributed by atoms with Crippen LogP contribution in [0, 0.1) is 0 Å². The van der Waals surface area contributed by atoms with Crippen molar-refractivity contribution in [3.05, 3.63) is 20.8 Å². The molecule has 1 heterocycles. The van der Waals surface area contributed by atoms with Gasteiger partial charge in [-0.15, -0.1) is 11.3 Å². The van der Waals surface area contributed by atoms with Gasteiger partial charge in [0.15, 0.2) is 0 Å². The molecule has 0 saturated heterocycles. The van der Waals surface area contributed by atoms with Crippen LogP contribution < -0.4 is 5.73 Å². The third-order valence-electron chi connectivity index (χ3n) is 1.11. The zero-order chi connectivity index (χ0) is 8.27. The number of halogens is 1. The number of hydrogen-bond acceptors (Lipinski definition) is 2. The minimum Gasteiger partial charge on any atom is -0.388 e. The Balaban J connectivity index is 2.58. The first kappa shape index (κ1) is 8.74. The smallest absolute Gasteiger partial charge is 0.0910 e. The first-order valence-corrected chi connectivity index (χ1v) is 4.80. The van der Waals surface area contributed by atoms with E-state index in [4.69, 9.17) is 5.73 Å². The quantitative estimate of drug-likeness (QED) is 0.618. The first-order chi connectivity index (χ1) is 5.18. The van der Waals surface area contributed by atoms with E-state index in [9.17, 15) is 0 Å². The Hall–Kier alpha value is -0.350. The van der Waals surface area contributed by atoms with E-state index in [0.717, 1.165) is 3.79 Å². The molecule has 0 fully saturated rings. The summed E-state index contributed by atoms with van der Waals surface area (Å²) in [4.78, 5) is 5.32. The van der Waals surface area contributed by atoms with Gasteiger partial charge in [0.1, 0.15) is 0 Å². The average molecular weight is 233 g/mol. The molecule has 0 unspecified atom stereocenters. The van der Waals surface area contributed by atoms with Gasteiger partial charge in [-0.3, -0.25) is 4.99 Å². The minimum atomic E-state index is 0.634. The van der Waals surface area contributed by atoms with E-state index in [1.165, 1.54) is 4.88 Å². The van der Waals surface area contributed by atoms with E-state index < -0.39 is 0 Å². The fourth-order valence-corrected chi connectivity index (χ4v) is 2.05. The minimum absolute atomic E-state index is 0.634. The van der Waals surface area contributed by atoms with Crippen molar-refractivity contribution < 1.29 is 0 Å². The maximum atomic E-state index is 5.39. The summed E-state index contributed by atoms with van der Waals surface area (Å²) in [5.74, 6) is 0.634. The Morgan fingerprint density at radius 3 is 2.91 bits per heavy atom. The van der Waals surface area contributed by atoms with Gasteiger partial charge in [-0.2, -0.15) is 0 Å². The summed E-state index contributed by atoms with van der Waals surface area (Å²) in [6.07, 6.45) is 0. The van der Waals surface area contributed by atoms with Crippen LogP contribution in [0.1, 0.15) is 11.8 Å². The zero-order valence-electron chi connectivity index (χ0n) is 6.17. The highest BCUT2D eigenvalue weighted by atomic mass is 79.9. The standard InChI is InChI=1S/C7H9BrN2S/c1-5(9)10-4-6-2-3-7(8)11-6/h2-3H,4H2,1H3,(H2,9,10). The summed E-state index contributed by atoms with van der Waals surface area (Å²) in [6, 6.07) is 4.06. The van der Waals surface area contributed by atoms with Crippen molar-refractivity contribution in [2.75, 3.05) is 0 Å². The van der Waals surface area contributed by atoms with Crippen molar-refractivity contribution in [2.45, 2.75) is 13.5 Å². The largest absolute Gasteiger partial charge is 0.388 e. The van der Waals surface area contributed by atoms with E-state index in [0.29, 0.717) is 12.4 Å². The number of thiophene rings is 1. The molecular weight excluding hydrogens is 224 g/mol. The van der Waals surface area contributed by atoms with Crippen molar-refractivity contribution in [3.63, 3.8) is 0 Å². The highest BCUT2D eigenvalue weighted by Gasteiger charge is 1.94. The molecule has 0 aromatic carbocycles. The molecule has 1 rings (SSSR count). The van der Waals surface area contributed by atoms with Gasteiger partial charge in [0.05, 0.1) is 16.2 Å². The number of nitrogens with zero attached hydrogens (tertiary/aromatic N) is 1. The third kappa shape index (κ3) is 3.03. The van der Waals surface area contributed by atoms with Crippen molar-refractivity contribution in [3.8, 4) is 0 Å². The first-order valence-electron chi connectivity index (χ1n) is 3.19. The molecule has 60 valence electrons. The second kappa shape index (κ2) is 3.88. The summed E-state index contributed by atoms with van der Waals surface area (Å²) in [7, 11) is 0. The van der Waals surface area contributed by atoms with Gasteiger partial charge in [0.25, 0.3) is 0 Å². The van der Waals surface area contributed by atoms with Gasteiger partial charge in [-0.25, -0.2) is 0 Å². The lowest BCUT2D eigenvalue weighted by atomic mass is 10.5. The lowest BCUT2D eigenvalue weighted by molar-refractivity contribution is 1.09. The van der Waals surface area contributed by atoms with Crippen LogP contribution in [0.15, 0.2) is 20.9 Å². The molecule has 2 nitrogen and oxygen atoms in total. The third-order valence-corrected chi connectivity index (χ3v) is 2.72. The monoisotopic (exact) mass is 232 g/mol. The van der Waals surface area contributed by atoms with Crippen LogP contribution in [0.4, 0.5) is 0 Å². The number of rotatable bonds is 2. The molecule has 0 aliphatic heterocycles. The van der Waals surface area contributed by atoms with E-state index in [2.05, 4.69) is 20.9 Å². The predicted molar refractivity (Wildman–Crippen MR) is 53.0 cm³/mol. The molecule has 0 aliphatic rings. The van der Waals surface area contributed by atoms with Crippen LogP contribution in [0.2, 0.25) is 0 Å². The summed E-state index contributed by atoms with van der Waals surface area (Å²) in [5, 5.41) is 0. The second-order valence-corrected chi connectivity index (χ2v) is 4.71. The maximum Gasteiger partial charge on any atom is 0.0910 e. The lowest BCUT2D eigenvalue weighted by Gasteiger charge is -1.89.